The van der Waals surface area contributed by atoms with E-state index in [-0.39, 0.29) is 39.5 Å². The molecule has 45 heavy (non-hydrogen) atoms. The van der Waals surface area contributed by atoms with E-state index in [9.17, 15) is 35.6 Å². The molecular weight excluding hydrogens is 636 g/mol. The van der Waals surface area contributed by atoms with Crippen molar-refractivity contribution in [3.05, 3.63) is 88.0 Å². The summed E-state index contributed by atoms with van der Waals surface area (Å²) in [6.07, 6.45) is -1.37. The molecule has 0 radical (unpaired) electrons. The lowest BCUT2D eigenvalue weighted by Crippen LogP contribution is -2.54. The Bertz CT molecular complexity index is 1770. The van der Waals surface area contributed by atoms with Gasteiger partial charge in [0.05, 0.1) is 39.4 Å². The Kier molecular flexibility index (Phi) is 7.83. The third-order valence-corrected chi connectivity index (χ3v) is 11.2. The van der Waals surface area contributed by atoms with Crippen LogP contribution in [0.1, 0.15) is 59.8 Å². The molecule has 1 saturated heterocycles. The van der Waals surface area contributed by atoms with Crippen molar-refractivity contribution in [2.24, 2.45) is 5.92 Å². The van der Waals surface area contributed by atoms with E-state index in [1.807, 2.05) is 0 Å². The maximum Gasteiger partial charge on any atom is 0.417 e. The molecule has 6 rings (SSSR count). The van der Waals surface area contributed by atoms with Crippen molar-refractivity contribution in [3.8, 4) is 0 Å². The predicted molar refractivity (Wildman–Crippen MR) is 158 cm³/mol. The molecule has 1 spiro atoms. The number of halogens is 5. The van der Waals surface area contributed by atoms with Crippen molar-refractivity contribution in [1.82, 2.24) is 15.2 Å². The fourth-order valence-corrected chi connectivity index (χ4v) is 8.69. The molecule has 1 aromatic heterocycles. The number of hydrogen-bond donors (Lipinski definition) is 1. The zero-order valence-electron chi connectivity index (χ0n) is 24.1. The van der Waals surface area contributed by atoms with Crippen LogP contribution in [0.15, 0.2) is 59.6 Å². The number of rotatable bonds is 6. The second kappa shape index (κ2) is 11.3. The van der Waals surface area contributed by atoms with Gasteiger partial charge in [-0.1, -0.05) is 11.6 Å². The fourth-order valence-electron chi connectivity index (χ4n) is 6.66. The van der Waals surface area contributed by atoms with E-state index in [0.29, 0.717) is 43.4 Å². The zero-order chi connectivity index (χ0) is 32.3. The van der Waals surface area contributed by atoms with Gasteiger partial charge in [-0.2, -0.15) is 13.2 Å². The van der Waals surface area contributed by atoms with E-state index < -0.39 is 44.9 Å². The van der Waals surface area contributed by atoms with Gasteiger partial charge < -0.3 is 10.2 Å². The fraction of sp³-hybridized carbons (Fsp3) is 0.387. The molecule has 0 bridgehead atoms. The number of likely N-dealkylation sites (tertiary alicyclic amines) is 1. The highest BCUT2D eigenvalue weighted by molar-refractivity contribution is 7.92. The highest BCUT2D eigenvalue weighted by Crippen LogP contribution is 2.59. The molecule has 3 aromatic rings. The Hall–Kier alpha value is -3.71. The number of alkyl halides is 3. The van der Waals surface area contributed by atoms with Crippen LogP contribution in [0, 0.1) is 11.7 Å². The molecule has 14 heteroatoms. The van der Waals surface area contributed by atoms with Crippen molar-refractivity contribution in [2.45, 2.75) is 61.7 Å². The molecular formula is C31H29ClF4N4O4S. The maximum absolute atomic E-state index is 14.2. The Morgan fingerprint density at radius 3 is 2.31 bits per heavy atom. The van der Waals surface area contributed by atoms with Gasteiger partial charge in [0.1, 0.15) is 5.82 Å². The normalized spacial score (nSPS) is 19.5. The number of nitrogens with one attached hydrogen (secondary N) is 1. The lowest BCUT2D eigenvalue weighted by atomic mass is 9.68. The summed E-state index contributed by atoms with van der Waals surface area (Å²) in [5, 5.41) is 2.40. The van der Waals surface area contributed by atoms with Gasteiger partial charge in [0.25, 0.3) is 15.9 Å². The van der Waals surface area contributed by atoms with Crippen LogP contribution in [-0.2, 0) is 33.0 Å². The number of anilines is 1. The van der Waals surface area contributed by atoms with E-state index >= 15 is 0 Å². The molecule has 1 N–H and O–H groups in total. The van der Waals surface area contributed by atoms with Gasteiger partial charge in [-0.25, -0.2) is 12.8 Å². The first-order valence-electron chi connectivity index (χ1n) is 14.4. The number of aromatic nitrogens is 1. The van der Waals surface area contributed by atoms with Crippen LogP contribution in [0.5, 0.6) is 0 Å². The maximum atomic E-state index is 14.2. The molecule has 238 valence electrons. The van der Waals surface area contributed by atoms with Gasteiger partial charge in [0.15, 0.2) is 0 Å². The highest BCUT2D eigenvalue weighted by atomic mass is 35.5. The molecule has 2 amide bonds. The van der Waals surface area contributed by atoms with Crippen LogP contribution >= 0.6 is 11.6 Å². The van der Waals surface area contributed by atoms with Gasteiger partial charge in [0, 0.05) is 37.2 Å². The molecule has 1 atom stereocenters. The number of carbonyl (C=O) groups excluding carboxylic acids is 2. The smallest absolute Gasteiger partial charge is 0.346 e. The van der Waals surface area contributed by atoms with Crippen molar-refractivity contribution in [1.29, 1.82) is 0 Å². The van der Waals surface area contributed by atoms with E-state index in [1.165, 1.54) is 29.4 Å². The standard InChI is InChI=1S/C31H29ClF4N4O4S/c1-18(41)39-12-10-30(11-13-39)24-14-20(29(42)38-17-26-25(32)15-21(16-37-26)31(34,35)36)4-9-27(24)40(28(30)19-2-3-19)45(43,44)23-7-5-22(33)6-8-23/h4-9,14-16,19,28H,2-3,10-13,17H2,1H3,(H,38,42). The van der Waals surface area contributed by atoms with Crippen molar-refractivity contribution in [2.75, 3.05) is 17.4 Å². The monoisotopic (exact) mass is 664 g/mol. The Labute approximate surface area is 262 Å². The Balaban J connectivity index is 1.37. The molecule has 2 aromatic carbocycles. The van der Waals surface area contributed by atoms with Gasteiger partial charge in [-0.05, 0) is 85.7 Å². The molecule has 3 heterocycles. The van der Waals surface area contributed by atoms with Crippen LogP contribution in [0.3, 0.4) is 0 Å². The van der Waals surface area contributed by atoms with Crippen LogP contribution < -0.4 is 9.62 Å². The molecule has 1 unspecified atom stereocenters. The van der Waals surface area contributed by atoms with Crippen molar-refractivity contribution < 1.29 is 35.6 Å². The minimum atomic E-state index is -4.62. The summed E-state index contributed by atoms with van der Waals surface area (Å²) in [6, 6.07) is 9.71. The summed E-state index contributed by atoms with van der Waals surface area (Å²) in [7, 11) is -4.14. The molecule has 3 aliphatic rings. The average Bonchev–Trinajstić information content (AvgIpc) is 3.79. The number of nitrogens with zero attached hydrogens (tertiary/aromatic N) is 3. The SMILES string of the molecule is CC(=O)N1CCC2(CC1)c1cc(C(=O)NCc3ncc(C(F)(F)F)cc3Cl)ccc1N(S(=O)(=O)c1ccc(F)cc1)C2C1CC1. The van der Waals surface area contributed by atoms with E-state index in [1.54, 1.807) is 17.0 Å². The van der Waals surface area contributed by atoms with Gasteiger partial charge in [0.2, 0.25) is 5.91 Å². The first kappa shape index (κ1) is 31.3. The zero-order valence-corrected chi connectivity index (χ0v) is 25.6. The quantitative estimate of drug-likeness (QED) is 0.342. The van der Waals surface area contributed by atoms with Gasteiger partial charge in [-0.3, -0.25) is 18.9 Å². The number of hydrogen-bond acceptors (Lipinski definition) is 5. The van der Waals surface area contributed by atoms with E-state index in [4.69, 9.17) is 11.6 Å². The Morgan fingerprint density at radius 2 is 1.73 bits per heavy atom. The third kappa shape index (κ3) is 5.65. The Morgan fingerprint density at radius 1 is 1.07 bits per heavy atom. The predicted octanol–water partition coefficient (Wildman–Crippen LogP) is 5.69. The summed E-state index contributed by atoms with van der Waals surface area (Å²) in [5.74, 6) is -1.13. The average molecular weight is 665 g/mol. The first-order chi connectivity index (χ1) is 21.2. The number of amides is 2. The summed E-state index contributed by atoms with van der Waals surface area (Å²) >= 11 is 6.02. The van der Waals surface area contributed by atoms with Crippen LogP contribution in [0.2, 0.25) is 5.02 Å². The first-order valence-corrected chi connectivity index (χ1v) is 16.2. The van der Waals surface area contributed by atoms with E-state index in [0.717, 1.165) is 31.0 Å². The minimum Gasteiger partial charge on any atom is -0.346 e. The van der Waals surface area contributed by atoms with Gasteiger partial charge >= 0.3 is 6.18 Å². The topological polar surface area (TPSA) is 99.7 Å². The summed E-state index contributed by atoms with van der Waals surface area (Å²) < 4.78 is 82.6. The van der Waals surface area contributed by atoms with Crippen LogP contribution in [0.25, 0.3) is 0 Å². The van der Waals surface area contributed by atoms with Crippen molar-refractivity contribution >= 4 is 39.1 Å². The number of pyridine rings is 1. The molecule has 8 nitrogen and oxygen atoms in total. The number of piperidine rings is 1. The minimum absolute atomic E-state index is 0.0533. The number of carbonyl (C=O) groups is 2. The van der Waals surface area contributed by atoms with Crippen molar-refractivity contribution in [3.63, 3.8) is 0 Å². The second-order valence-electron chi connectivity index (χ2n) is 11.8. The molecule has 2 aliphatic heterocycles. The number of benzene rings is 2. The third-order valence-electron chi connectivity index (χ3n) is 9.05. The number of sulfonamides is 1. The summed E-state index contributed by atoms with van der Waals surface area (Å²) in [6.45, 7) is 2.08. The van der Waals surface area contributed by atoms with Crippen LogP contribution in [0.4, 0.5) is 23.2 Å². The van der Waals surface area contributed by atoms with Crippen LogP contribution in [-0.4, -0.2) is 49.2 Å². The van der Waals surface area contributed by atoms with E-state index in [2.05, 4.69) is 10.3 Å². The summed E-state index contributed by atoms with van der Waals surface area (Å²) in [5.41, 5.74) is -0.321. The molecule has 1 aliphatic carbocycles. The lowest BCUT2D eigenvalue weighted by molar-refractivity contribution is -0.137. The lowest BCUT2D eigenvalue weighted by Gasteiger charge is -2.45. The van der Waals surface area contributed by atoms with Gasteiger partial charge in [-0.15, -0.1) is 0 Å². The highest BCUT2D eigenvalue weighted by Gasteiger charge is 2.60. The molecule has 2 fully saturated rings. The largest absolute Gasteiger partial charge is 0.417 e. The number of fused-ring (bicyclic) bond motifs is 2. The second-order valence-corrected chi connectivity index (χ2v) is 14.0. The molecule has 1 saturated carbocycles. The summed E-state index contributed by atoms with van der Waals surface area (Å²) in [4.78, 5) is 31.0.